The van der Waals surface area contributed by atoms with Crippen molar-refractivity contribution in [3.63, 3.8) is 0 Å². The first kappa shape index (κ1) is 19.3. The number of fused-ring (bicyclic) bond motifs is 1. The molecular formula is C21H17ClF2N4O. The summed E-state index contributed by atoms with van der Waals surface area (Å²) >= 11 is 5.77. The van der Waals surface area contributed by atoms with Gasteiger partial charge < -0.3 is 10.6 Å². The summed E-state index contributed by atoms with van der Waals surface area (Å²) in [5.74, 6) is -0.946. The monoisotopic (exact) mass is 414 g/mol. The molecule has 1 atom stereocenters. The van der Waals surface area contributed by atoms with Gasteiger partial charge in [-0.1, -0.05) is 11.6 Å². The Kier molecular flexibility index (Phi) is 5.15. The number of amides is 1. The molecule has 0 saturated heterocycles. The Hall–Kier alpha value is -3.06. The zero-order valence-electron chi connectivity index (χ0n) is 15.5. The Bertz CT molecular complexity index is 1110. The number of carbonyl (C=O) groups is 1. The molecule has 4 rings (SSSR count). The second kappa shape index (κ2) is 7.75. The standard InChI is InChI=1S/C21H17ClF2N4O/c1-11-8-9-25-21(26-11)28-18-7-4-13-14(3-6-17(24)19(13)18)20(29)27-12-2-5-16(23)15(22)10-12/h2-3,5-6,8-10,18H,4,7H2,1H3,(H,27,29)(H,25,26,28)/t18-/m0/s1. The number of nitrogens with zero attached hydrogens (tertiary/aromatic N) is 2. The number of rotatable bonds is 4. The molecule has 1 aromatic heterocycles. The quantitative estimate of drug-likeness (QED) is 0.625. The summed E-state index contributed by atoms with van der Waals surface area (Å²) in [6.07, 6.45) is 2.77. The smallest absolute Gasteiger partial charge is 0.255 e. The fourth-order valence-electron chi connectivity index (χ4n) is 3.52. The van der Waals surface area contributed by atoms with Crippen molar-refractivity contribution in [1.82, 2.24) is 9.97 Å². The molecular weight excluding hydrogens is 398 g/mol. The highest BCUT2D eigenvalue weighted by atomic mass is 35.5. The highest BCUT2D eigenvalue weighted by Gasteiger charge is 2.30. The van der Waals surface area contributed by atoms with Crippen LogP contribution in [0.3, 0.4) is 0 Å². The number of hydrogen-bond donors (Lipinski definition) is 2. The largest absolute Gasteiger partial charge is 0.347 e. The molecule has 8 heteroatoms. The normalized spacial score (nSPS) is 15.1. The van der Waals surface area contributed by atoms with Gasteiger partial charge in [0.25, 0.3) is 5.91 Å². The molecule has 3 aromatic rings. The van der Waals surface area contributed by atoms with Gasteiger partial charge in [0.15, 0.2) is 0 Å². The molecule has 2 aromatic carbocycles. The number of benzene rings is 2. The molecule has 0 spiro atoms. The third kappa shape index (κ3) is 3.91. The first-order chi connectivity index (χ1) is 13.9. The van der Waals surface area contributed by atoms with E-state index >= 15 is 0 Å². The summed E-state index contributed by atoms with van der Waals surface area (Å²) in [6.45, 7) is 1.85. The third-order valence-electron chi connectivity index (χ3n) is 4.86. The van der Waals surface area contributed by atoms with Gasteiger partial charge in [0.2, 0.25) is 5.95 Å². The van der Waals surface area contributed by atoms with Gasteiger partial charge >= 0.3 is 0 Å². The summed E-state index contributed by atoms with van der Waals surface area (Å²) in [5.41, 5.74) is 2.62. The number of aryl methyl sites for hydroxylation is 1. The van der Waals surface area contributed by atoms with Crippen LogP contribution >= 0.6 is 11.6 Å². The van der Waals surface area contributed by atoms with Crippen molar-refractivity contribution in [3.8, 4) is 0 Å². The molecule has 1 aliphatic rings. The maximum atomic E-state index is 14.6. The second-order valence-corrected chi connectivity index (χ2v) is 7.23. The molecule has 1 heterocycles. The number of halogens is 3. The number of carbonyl (C=O) groups excluding carboxylic acids is 1. The van der Waals surface area contributed by atoms with Crippen LogP contribution in [0, 0.1) is 18.6 Å². The van der Waals surface area contributed by atoms with Crippen LogP contribution in [0.25, 0.3) is 0 Å². The van der Waals surface area contributed by atoms with Crippen LogP contribution in [0.5, 0.6) is 0 Å². The van der Waals surface area contributed by atoms with Gasteiger partial charge in [0.05, 0.1) is 11.1 Å². The Morgan fingerprint density at radius 3 is 2.72 bits per heavy atom. The molecule has 29 heavy (non-hydrogen) atoms. The number of nitrogens with one attached hydrogen (secondary N) is 2. The second-order valence-electron chi connectivity index (χ2n) is 6.83. The highest BCUT2D eigenvalue weighted by molar-refractivity contribution is 6.31. The van der Waals surface area contributed by atoms with Gasteiger partial charge in [0.1, 0.15) is 11.6 Å². The first-order valence-corrected chi connectivity index (χ1v) is 9.44. The molecule has 0 saturated carbocycles. The van der Waals surface area contributed by atoms with Crippen molar-refractivity contribution >= 4 is 29.1 Å². The Morgan fingerprint density at radius 2 is 1.97 bits per heavy atom. The molecule has 148 valence electrons. The molecule has 0 unspecified atom stereocenters. The van der Waals surface area contributed by atoms with Gasteiger partial charge in [-0.25, -0.2) is 18.7 Å². The predicted molar refractivity (Wildman–Crippen MR) is 107 cm³/mol. The highest BCUT2D eigenvalue weighted by Crippen LogP contribution is 2.37. The van der Waals surface area contributed by atoms with Crippen molar-refractivity contribution < 1.29 is 13.6 Å². The van der Waals surface area contributed by atoms with E-state index in [0.29, 0.717) is 41.2 Å². The molecule has 0 bridgehead atoms. The summed E-state index contributed by atoms with van der Waals surface area (Å²) in [5, 5.41) is 5.76. The van der Waals surface area contributed by atoms with Crippen molar-refractivity contribution in [3.05, 3.63) is 81.6 Å². The van der Waals surface area contributed by atoms with Crippen LogP contribution in [0.2, 0.25) is 5.02 Å². The fraction of sp³-hybridized carbons (Fsp3) is 0.190. The van der Waals surface area contributed by atoms with E-state index in [1.807, 2.05) is 6.92 Å². The van der Waals surface area contributed by atoms with E-state index in [1.165, 1.54) is 30.3 Å². The van der Waals surface area contributed by atoms with E-state index < -0.39 is 11.7 Å². The van der Waals surface area contributed by atoms with Crippen LogP contribution in [0.4, 0.5) is 20.4 Å². The Labute approximate surface area is 171 Å². The first-order valence-electron chi connectivity index (χ1n) is 9.06. The van der Waals surface area contributed by atoms with E-state index in [9.17, 15) is 13.6 Å². The van der Waals surface area contributed by atoms with E-state index in [2.05, 4.69) is 20.6 Å². The minimum absolute atomic E-state index is 0.0884. The molecule has 1 amide bonds. The van der Waals surface area contributed by atoms with Crippen molar-refractivity contribution in [2.24, 2.45) is 0 Å². The van der Waals surface area contributed by atoms with Gasteiger partial charge in [0, 0.05) is 28.7 Å². The van der Waals surface area contributed by atoms with Gasteiger partial charge in [-0.3, -0.25) is 4.79 Å². The van der Waals surface area contributed by atoms with Crippen LogP contribution in [0.15, 0.2) is 42.6 Å². The van der Waals surface area contributed by atoms with Crippen LogP contribution in [0.1, 0.15) is 39.6 Å². The third-order valence-corrected chi connectivity index (χ3v) is 5.15. The summed E-state index contributed by atoms with van der Waals surface area (Å²) in [7, 11) is 0. The van der Waals surface area contributed by atoms with Crippen molar-refractivity contribution in [1.29, 1.82) is 0 Å². The van der Waals surface area contributed by atoms with E-state index in [1.54, 1.807) is 12.3 Å². The lowest BCUT2D eigenvalue weighted by atomic mass is 10.0. The zero-order chi connectivity index (χ0) is 20.5. The summed E-state index contributed by atoms with van der Waals surface area (Å²) in [6, 6.07) is 8.11. The summed E-state index contributed by atoms with van der Waals surface area (Å²) in [4.78, 5) is 21.2. The molecule has 5 nitrogen and oxygen atoms in total. The van der Waals surface area contributed by atoms with Crippen LogP contribution in [-0.4, -0.2) is 15.9 Å². The van der Waals surface area contributed by atoms with Crippen LogP contribution < -0.4 is 10.6 Å². The van der Waals surface area contributed by atoms with Crippen molar-refractivity contribution in [2.45, 2.75) is 25.8 Å². The zero-order valence-corrected chi connectivity index (χ0v) is 16.2. The summed E-state index contributed by atoms with van der Waals surface area (Å²) < 4.78 is 27.9. The lowest BCUT2D eigenvalue weighted by molar-refractivity contribution is 0.102. The molecule has 0 radical (unpaired) electrons. The molecule has 0 aliphatic heterocycles. The van der Waals surface area contributed by atoms with E-state index in [0.717, 1.165) is 5.69 Å². The topological polar surface area (TPSA) is 66.9 Å². The number of hydrogen-bond acceptors (Lipinski definition) is 4. The van der Waals surface area contributed by atoms with Gasteiger partial charge in [-0.05, 0) is 61.7 Å². The van der Waals surface area contributed by atoms with Crippen molar-refractivity contribution in [2.75, 3.05) is 10.6 Å². The fourth-order valence-corrected chi connectivity index (χ4v) is 3.70. The predicted octanol–water partition coefficient (Wildman–Crippen LogP) is 5.07. The molecule has 2 N–H and O–H groups in total. The molecule has 0 fully saturated rings. The van der Waals surface area contributed by atoms with Gasteiger partial charge in [-0.2, -0.15) is 0 Å². The SMILES string of the molecule is Cc1ccnc(N[C@H]2CCc3c(C(=O)Nc4ccc(F)c(Cl)c4)ccc(F)c32)n1. The maximum Gasteiger partial charge on any atom is 0.255 e. The Morgan fingerprint density at radius 1 is 1.17 bits per heavy atom. The van der Waals surface area contributed by atoms with E-state index in [-0.39, 0.29) is 16.9 Å². The Balaban J connectivity index is 1.61. The molecule has 1 aliphatic carbocycles. The lowest BCUT2D eigenvalue weighted by Crippen LogP contribution is -2.16. The number of aromatic nitrogens is 2. The average Bonchev–Trinajstić information content (AvgIpc) is 3.09. The maximum absolute atomic E-state index is 14.6. The minimum atomic E-state index is -0.570. The van der Waals surface area contributed by atoms with E-state index in [4.69, 9.17) is 11.6 Å². The number of anilines is 2. The van der Waals surface area contributed by atoms with Gasteiger partial charge in [-0.15, -0.1) is 0 Å². The van der Waals surface area contributed by atoms with Crippen LogP contribution in [-0.2, 0) is 6.42 Å². The lowest BCUT2D eigenvalue weighted by Gasteiger charge is -2.16. The minimum Gasteiger partial charge on any atom is -0.347 e. The average molecular weight is 415 g/mol.